The van der Waals surface area contributed by atoms with Crippen molar-refractivity contribution in [1.82, 2.24) is 0 Å². The van der Waals surface area contributed by atoms with Crippen LogP contribution in [0.1, 0.15) is 39.0 Å². The average molecular weight is 222 g/mol. The van der Waals surface area contributed by atoms with E-state index in [-0.39, 0.29) is 19.3 Å². The Hall–Kier alpha value is -1.14. The molecule has 0 fully saturated rings. The molecule has 0 aliphatic heterocycles. The fourth-order valence-electron chi connectivity index (χ4n) is 0.649. The van der Waals surface area contributed by atoms with Crippen LogP contribution in [0.4, 0.5) is 0 Å². The molecule has 0 radical (unpaired) electrons. The first-order valence-electron chi connectivity index (χ1n) is 4.69. The summed E-state index contributed by atoms with van der Waals surface area (Å²) in [5, 5.41) is 32.3. The molecular weight excluding hydrogens is 204 g/mol. The lowest BCUT2D eigenvalue weighted by atomic mass is 10.2. The molecule has 0 saturated carbocycles. The van der Waals surface area contributed by atoms with Crippen LogP contribution in [0.25, 0.3) is 0 Å². The third-order valence-electron chi connectivity index (χ3n) is 1.33. The van der Waals surface area contributed by atoms with Gasteiger partial charge in [0.05, 0.1) is 0 Å². The first-order valence-corrected chi connectivity index (χ1v) is 4.69. The van der Waals surface area contributed by atoms with Gasteiger partial charge >= 0.3 is 11.9 Å². The number of carboxylic acid groups (broad SMARTS) is 2. The minimum Gasteiger partial charge on any atom is -0.481 e. The maximum Gasteiger partial charge on any atom is 0.303 e. The predicted octanol–water partition coefficient (Wildman–Crippen LogP) is 0.423. The Morgan fingerprint density at radius 2 is 1.47 bits per heavy atom. The SMILES string of the molecule is CCCC(O)O.O=C(O)CCCC(=O)O. The molecule has 0 aromatic rings. The molecule has 0 aromatic heterocycles. The number of aliphatic hydroxyl groups excluding tert-OH is 1. The molecule has 0 saturated heterocycles. The van der Waals surface area contributed by atoms with Crippen molar-refractivity contribution in [3.8, 4) is 0 Å². The smallest absolute Gasteiger partial charge is 0.303 e. The topological polar surface area (TPSA) is 115 Å². The molecule has 0 aliphatic carbocycles. The summed E-state index contributed by atoms with van der Waals surface area (Å²) in [5.41, 5.74) is 0. The van der Waals surface area contributed by atoms with Gasteiger partial charge in [-0.2, -0.15) is 0 Å². The van der Waals surface area contributed by atoms with Gasteiger partial charge in [-0.05, 0) is 12.8 Å². The van der Waals surface area contributed by atoms with E-state index in [2.05, 4.69) is 0 Å². The number of carbonyl (C=O) groups is 2. The lowest BCUT2D eigenvalue weighted by Gasteiger charge is -1.94. The third kappa shape index (κ3) is 24.6. The summed E-state index contributed by atoms with van der Waals surface area (Å²) in [6.45, 7) is 1.90. The monoisotopic (exact) mass is 222 g/mol. The second-order valence-corrected chi connectivity index (χ2v) is 2.91. The Bertz CT molecular complexity index is 163. The molecule has 6 heteroatoms. The first kappa shape index (κ1) is 16.3. The fraction of sp³-hybridized carbons (Fsp3) is 0.778. The highest BCUT2D eigenvalue weighted by molar-refractivity contribution is 5.69. The van der Waals surface area contributed by atoms with Crippen molar-refractivity contribution in [2.75, 3.05) is 0 Å². The van der Waals surface area contributed by atoms with Crippen LogP contribution in [-0.4, -0.2) is 38.7 Å². The maximum absolute atomic E-state index is 9.79. The molecule has 0 spiro atoms. The van der Waals surface area contributed by atoms with Gasteiger partial charge in [-0.15, -0.1) is 0 Å². The quantitative estimate of drug-likeness (QED) is 0.484. The van der Waals surface area contributed by atoms with Crippen LogP contribution in [0, 0.1) is 0 Å². The summed E-state index contributed by atoms with van der Waals surface area (Å²) in [7, 11) is 0. The highest BCUT2D eigenvalue weighted by atomic mass is 16.5. The summed E-state index contributed by atoms with van der Waals surface area (Å²) >= 11 is 0. The fourth-order valence-corrected chi connectivity index (χ4v) is 0.649. The number of hydrogen-bond acceptors (Lipinski definition) is 4. The molecule has 0 rings (SSSR count). The molecule has 0 heterocycles. The predicted molar refractivity (Wildman–Crippen MR) is 52.3 cm³/mol. The summed E-state index contributed by atoms with van der Waals surface area (Å²) in [5.74, 6) is -1.90. The van der Waals surface area contributed by atoms with Crippen LogP contribution in [0.3, 0.4) is 0 Å². The van der Waals surface area contributed by atoms with Crippen molar-refractivity contribution in [2.24, 2.45) is 0 Å². The number of aliphatic carboxylic acids is 2. The zero-order valence-corrected chi connectivity index (χ0v) is 8.72. The molecule has 4 N–H and O–H groups in total. The molecule has 0 aliphatic rings. The van der Waals surface area contributed by atoms with Gasteiger partial charge in [0.15, 0.2) is 6.29 Å². The number of carboxylic acids is 2. The minimum atomic E-state index is -1.10. The molecule has 0 amide bonds. The van der Waals surface area contributed by atoms with Gasteiger partial charge in [-0.1, -0.05) is 13.3 Å². The van der Waals surface area contributed by atoms with Crippen molar-refractivity contribution in [1.29, 1.82) is 0 Å². The number of rotatable bonds is 6. The van der Waals surface area contributed by atoms with E-state index in [1.807, 2.05) is 6.92 Å². The van der Waals surface area contributed by atoms with Gasteiger partial charge in [0, 0.05) is 12.8 Å². The molecule has 0 bridgehead atoms. The Balaban J connectivity index is 0. The lowest BCUT2D eigenvalue weighted by molar-refractivity contribution is -0.138. The summed E-state index contributed by atoms with van der Waals surface area (Å²) in [6.07, 6.45) is 0.302. The van der Waals surface area contributed by atoms with Gasteiger partial charge < -0.3 is 20.4 Å². The third-order valence-corrected chi connectivity index (χ3v) is 1.33. The second-order valence-electron chi connectivity index (χ2n) is 2.91. The number of aliphatic hydroxyl groups is 2. The molecule has 0 aromatic carbocycles. The molecule has 15 heavy (non-hydrogen) atoms. The van der Waals surface area contributed by atoms with Gasteiger partial charge in [-0.3, -0.25) is 9.59 Å². The molecule has 0 atom stereocenters. The van der Waals surface area contributed by atoms with Crippen LogP contribution in [0.5, 0.6) is 0 Å². The normalized spacial score (nSPS) is 9.33. The van der Waals surface area contributed by atoms with Crippen molar-refractivity contribution >= 4 is 11.9 Å². The van der Waals surface area contributed by atoms with E-state index >= 15 is 0 Å². The molecule has 6 nitrogen and oxygen atoms in total. The van der Waals surface area contributed by atoms with Crippen LogP contribution < -0.4 is 0 Å². The second kappa shape index (κ2) is 10.9. The molecular formula is C9H18O6. The lowest BCUT2D eigenvalue weighted by Crippen LogP contribution is -2.01. The maximum atomic E-state index is 9.79. The van der Waals surface area contributed by atoms with Gasteiger partial charge in [-0.25, -0.2) is 0 Å². The number of hydrogen-bond donors (Lipinski definition) is 4. The average Bonchev–Trinajstić information content (AvgIpc) is 2.03. The minimum absolute atomic E-state index is 0.0632. The molecule has 0 unspecified atom stereocenters. The molecule has 90 valence electrons. The van der Waals surface area contributed by atoms with E-state index in [4.69, 9.17) is 20.4 Å². The summed E-state index contributed by atoms with van der Waals surface area (Å²) in [6, 6.07) is 0. The Morgan fingerprint density at radius 3 is 1.60 bits per heavy atom. The van der Waals surface area contributed by atoms with Crippen LogP contribution >= 0.6 is 0 Å². The van der Waals surface area contributed by atoms with E-state index in [1.165, 1.54) is 0 Å². The standard InChI is InChI=1S/C5H8O4.C4H10O2/c6-4(7)2-1-3-5(8)9;1-2-3-4(5)6/h1-3H2,(H,6,7)(H,8,9);4-6H,2-3H2,1H3. The van der Waals surface area contributed by atoms with E-state index in [9.17, 15) is 9.59 Å². The van der Waals surface area contributed by atoms with E-state index in [0.29, 0.717) is 6.42 Å². The first-order chi connectivity index (χ1) is 6.90. The summed E-state index contributed by atoms with van der Waals surface area (Å²) < 4.78 is 0. The van der Waals surface area contributed by atoms with Crippen molar-refractivity contribution < 1.29 is 30.0 Å². The van der Waals surface area contributed by atoms with Crippen molar-refractivity contribution in [3.63, 3.8) is 0 Å². The Morgan fingerprint density at radius 1 is 1.07 bits per heavy atom. The van der Waals surface area contributed by atoms with Gasteiger partial charge in [0.2, 0.25) is 0 Å². The van der Waals surface area contributed by atoms with Crippen molar-refractivity contribution in [3.05, 3.63) is 0 Å². The largest absolute Gasteiger partial charge is 0.481 e. The van der Waals surface area contributed by atoms with Crippen LogP contribution in [0.2, 0.25) is 0 Å². The highest BCUT2D eigenvalue weighted by Gasteiger charge is 1.99. The van der Waals surface area contributed by atoms with Gasteiger partial charge in [0.1, 0.15) is 0 Å². The zero-order chi connectivity index (χ0) is 12.3. The van der Waals surface area contributed by atoms with E-state index in [0.717, 1.165) is 6.42 Å². The van der Waals surface area contributed by atoms with Gasteiger partial charge in [0.25, 0.3) is 0 Å². The van der Waals surface area contributed by atoms with E-state index < -0.39 is 18.2 Å². The summed E-state index contributed by atoms with van der Waals surface area (Å²) in [4.78, 5) is 19.6. The van der Waals surface area contributed by atoms with Crippen LogP contribution in [0.15, 0.2) is 0 Å². The highest BCUT2D eigenvalue weighted by Crippen LogP contribution is 1.93. The van der Waals surface area contributed by atoms with Crippen molar-refractivity contribution in [2.45, 2.75) is 45.3 Å². The Labute approximate surface area is 88.2 Å². The van der Waals surface area contributed by atoms with E-state index in [1.54, 1.807) is 0 Å². The van der Waals surface area contributed by atoms with Crippen LogP contribution in [-0.2, 0) is 9.59 Å². The Kier molecular flexibility index (Phi) is 11.9. The zero-order valence-electron chi connectivity index (χ0n) is 8.72.